The number of carbonyl (C=O) groups is 1. The molecule has 0 bridgehead atoms. The number of alkyl halides is 5. The predicted octanol–water partition coefficient (Wildman–Crippen LogP) is 3.75. The molecule has 0 aliphatic carbocycles. The van der Waals surface area contributed by atoms with Crippen LogP contribution in [-0.4, -0.2) is 17.6 Å². The normalized spacial score (nSPS) is 11.8. The van der Waals surface area contributed by atoms with Crippen LogP contribution in [0.4, 0.5) is 22.0 Å². The number of nitrogens with zero attached hydrogens (tertiary/aromatic N) is 1. The van der Waals surface area contributed by atoms with Gasteiger partial charge in [0.1, 0.15) is 5.69 Å². The molecule has 9 heteroatoms. The molecule has 0 amide bonds. The SMILES string of the molecule is CCOC(=O)Cc1c(C(F)F)ncc(I)c1C(F)(F)F. The molecule has 0 spiro atoms. The molecule has 3 nitrogen and oxygen atoms in total. The topological polar surface area (TPSA) is 39.2 Å². The molecule has 1 aromatic rings. The fourth-order valence-electron chi connectivity index (χ4n) is 1.57. The first-order chi connectivity index (χ1) is 9.18. The van der Waals surface area contributed by atoms with Gasteiger partial charge < -0.3 is 4.74 Å². The summed E-state index contributed by atoms with van der Waals surface area (Å²) < 4.78 is 68.6. The van der Waals surface area contributed by atoms with Crippen molar-refractivity contribution in [2.45, 2.75) is 25.9 Å². The Bertz CT molecular complexity index is 504. The van der Waals surface area contributed by atoms with Crippen molar-refractivity contribution in [2.24, 2.45) is 0 Å². The van der Waals surface area contributed by atoms with Crippen molar-refractivity contribution in [3.63, 3.8) is 0 Å². The van der Waals surface area contributed by atoms with Crippen molar-refractivity contribution in [1.29, 1.82) is 0 Å². The second-order valence-corrected chi connectivity index (χ2v) is 4.79. The number of hydrogen-bond acceptors (Lipinski definition) is 3. The van der Waals surface area contributed by atoms with Crippen LogP contribution in [0.25, 0.3) is 0 Å². The Kier molecular flexibility index (Phi) is 5.66. The number of esters is 1. The number of rotatable bonds is 4. The second-order valence-electron chi connectivity index (χ2n) is 3.63. The van der Waals surface area contributed by atoms with E-state index in [1.54, 1.807) is 0 Å². The molecule has 20 heavy (non-hydrogen) atoms. The van der Waals surface area contributed by atoms with Crippen LogP contribution < -0.4 is 0 Å². The molecule has 0 saturated carbocycles. The molecule has 1 rings (SSSR count). The number of ether oxygens (including phenoxy) is 1. The van der Waals surface area contributed by atoms with Crippen molar-refractivity contribution >= 4 is 28.6 Å². The van der Waals surface area contributed by atoms with Crippen LogP contribution in [0, 0.1) is 3.57 Å². The molecule has 1 aromatic heterocycles. The lowest BCUT2D eigenvalue weighted by molar-refractivity contribution is -0.143. The molecule has 0 saturated heterocycles. The van der Waals surface area contributed by atoms with E-state index in [-0.39, 0.29) is 10.2 Å². The van der Waals surface area contributed by atoms with Crippen LogP contribution in [0.3, 0.4) is 0 Å². The van der Waals surface area contributed by atoms with Crippen LogP contribution >= 0.6 is 22.6 Å². The summed E-state index contributed by atoms with van der Waals surface area (Å²) in [6.45, 7) is 1.41. The maximum Gasteiger partial charge on any atom is 0.417 e. The summed E-state index contributed by atoms with van der Waals surface area (Å²) >= 11 is 1.34. The minimum absolute atomic E-state index is 0.0540. The van der Waals surface area contributed by atoms with Crippen LogP contribution in [0.15, 0.2) is 6.20 Å². The molecule has 0 radical (unpaired) electrons. The molecular formula is C11H9F5INO2. The smallest absolute Gasteiger partial charge is 0.417 e. The summed E-state index contributed by atoms with van der Waals surface area (Å²) in [6.07, 6.45) is -8.26. The van der Waals surface area contributed by atoms with Gasteiger partial charge in [-0.3, -0.25) is 9.78 Å². The third-order valence-electron chi connectivity index (χ3n) is 2.28. The molecule has 0 unspecified atom stereocenters. The Labute approximate surface area is 124 Å². The van der Waals surface area contributed by atoms with Crippen molar-refractivity contribution in [2.75, 3.05) is 6.61 Å². The molecule has 0 aliphatic heterocycles. The van der Waals surface area contributed by atoms with Gasteiger partial charge in [-0.1, -0.05) is 0 Å². The molecule has 0 atom stereocenters. The number of carbonyl (C=O) groups excluding carboxylic acids is 1. The first kappa shape index (κ1) is 17.1. The number of aromatic nitrogens is 1. The number of hydrogen-bond donors (Lipinski definition) is 0. The van der Waals surface area contributed by atoms with Gasteiger partial charge in [0.05, 0.1) is 18.6 Å². The maximum absolute atomic E-state index is 13.0. The van der Waals surface area contributed by atoms with E-state index in [9.17, 15) is 26.7 Å². The molecule has 1 heterocycles. The average Bonchev–Trinajstić information content (AvgIpc) is 2.26. The lowest BCUT2D eigenvalue weighted by Gasteiger charge is -2.17. The lowest BCUT2D eigenvalue weighted by atomic mass is 10.0. The van der Waals surface area contributed by atoms with Crippen LogP contribution in [0.2, 0.25) is 0 Å². The van der Waals surface area contributed by atoms with Gasteiger partial charge in [-0.25, -0.2) is 8.78 Å². The Morgan fingerprint density at radius 3 is 2.50 bits per heavy atom. The highest BCUT2D eigenvalue weighted by molar-refractivity contribution is 14.1. The van der Waals surface area contributed by atoms with E-state index < -0.39 is 41.8 Å². The highest BCUT2D eigenvalue weighted by atomic mass is 127. The van der Waals surface area contributed by atoms with Gasteiger partial charge >= 0.3 is 12.1 Å². The average molecular weight is 409 g/mol. The minimum atomic E-state index is -4.86. The lowest BCUT2D eigenvalue weighted by Crippen LogP contribution is -2.19. The maximum atomic E-state index is 13.0. The van der Waals surface area contributed by atoms with Crippen molar-refractivity contribution in [3.05, 3.63) is 26.6 Å². The van der Waals surface area contributed by atoms with Crippen molar-refractivity contribution < 1.29 is 31.5 Å². The highest BCUT2D eigenvalue weighted by Gasteiger charge is 2.39. The summed E-state index contributed by atoms with van der Waals surface area (Å²) in [7, 11) is 0. The van der Waals surface area contributed by atoms with E-state index in [2.05, 4.69) is 9.72 Å². The molecule has 0 aliphatic rings. The quantitative estimate of drug-likeness (QED) is 0.432. The Hall–Kier alpha value is -1.00. The van der Waals surface area contributed by atoms with E-state index in [0.717, 1.165) is 0 Å². The van der Waals surface area contributed by atoms with Gasteiger partial charge in [0.15, 0.2) is 0 Å². The van der Waals surface area contributed by atoms with Crippen LogP contribution in [0.5, 0.6) is 0 Å². The van der Waals surface area contributed by atoms with Crippen LogP contribution in [-0.2, 0) is 22.1 Å². The second kappa shape index (κ2) is 6.64. The van der Waals surface area contributed by atoms with Gasteiger partial charge in [-0.2, -0.15) is 13.2 Å². The Morgan fingerprint density at radius 1 is 1.45 bits per heavy atom. The van der Waals surface area contributed by atoms with E-state index in [0.29, 0.717) is 6.20 Å². The zero-order valence-electron chi connectivity index (χ0n) is 10.1. The Balaban J connectivity index is 3.41. The molecular weight excluding hydrogens is 400 g/mol. The zero-order valence-corrected chi connectivity index (χ0v) is 12.3. The molecule has 0 aromatic carbocycles. The largest absolute Gasteiger partial charge is 0.466 e. The standard InChI is InChI=1S/C11H9F5INO2/c1-2-20-7(19)3-5-8(11(14,15)16)6(17)4-18-9(5)10(12)13/h4,10H,2-3H2,1H3. The third-order valence-corrected chi connectivity index (χ3v) is 3.10. The molecule has 112 valence electrons. The number of halogens is 6. The molecule has 0 fully saturated rings. The Morgan fingerprint density at radius 2 is 2.05 bits per heavy atom. The summed E-state index contributed by atoms with van der Waals surface area (Å²) in [4.78, 5) is 14.6. The van der Waals surface area contributed by atoms with Crippen LogP contribution in [0.1, 0.15) is 30.2 Å². The van der Waals surface area contributed by atoms with E-state index in [4.69, 9.17) is 0 Å². The summed E-state index contributed by atoms with van der Waals surface area (Å²) in [5.74, 6) is -1.01. The summed E-state index contributed by atoms with van der Waals surface area (Å²) in [5, 5.41) is 0. The van der Waals surface area contributed by atoms with Crippen molar-refractivity contribution in [1.82, 2.24) is 4.98 Å². The summed E-state index contributed by atoms with van der Waals surface area (Å²) in [6, 6.07) is 0. The van der Waals surface area contributed by atoms with Gasteiger partial charge in [0.25, 0.3) is 6.43 Å². The van der Waals surface area contributed by atoms with E-state index in [1.807, 2.05) is 0 Å². The van der Waals surface area contributed by atoms with Gasteiger partial charge in [-0.15, -0.1) is 0 Å². The number of pyridine rings is 1. The van der Waals surface area contributed by atoms with Gasteiger partial charge in [0.2, 0.25) is 0 Å². The van der Waals surface area contributed by atoms with Gasteiger partial charge in [-0.05, 0) is 29.5 Å². The van der Waals surface area contributed by atoms with Crippen molar-refractivity contribution in [3.8, 4) is 0 Å². The third kappa shape index (κ3) is 4.00. The predicted molar refractivity (Wildman–Crippen MR) is 67.3 cm³/mol. The highest BCUT2D eigenvalue weighted by Crippen LogP contribution is 2.38. The van der Waals surface area contributed by atoms with Gasteiger partial charge in [0, 0.05) is 15.3 Å². The summed E-state index contributed by atoms with van der Waals surface area (Å²) in [5.41, 5.74) is -3.15. The first-order valence-corrected chi connectivity index (χ1v) is 6.44. The minimum Gasteiger partial charge on any atom is -0.466 e. The first-order valence-electron chi connectivity index (χ1n) is 5.36. The monoisotopic (exact) mass is 409 g/mol. The zero-order chi connectivity index (χ0) is 15.5. The van der Waals surface area contributed by atoms with E-state index in [1.165, 1.54) is 29.5 Å². The fourth-order valence-corrected chi connectivity index (χ4v) is 2.34. The fraction of sp³-hybridized carbons (Fsp3) is 0.455. The molecule has 0 N–H and O–H groups in total. The van der Waals surface area contributed by atoms with E-state index >= 15 is 0 Å².